The fraction of sp³-hybridized carbons (Fsp3) is 0.259. The molecular formula is C27H26N2O5S. The van der Waals surface area contributed by atoms with Gasteiger partial charge in [0.05, 0.1) is 5.69 Å². The van der Waals surface area contributed by atoms with Crippen LogP contribution >= 0.6 is 0 Å². The average Bonchev–Trinajstić information content (AvgIpc) is 2.99. The van der Waals surface area contributed by atoms with Crippen molar-refractivity contribution in [2.75, 3.05) is 13.1 Å². The normalized spacial score (nSPS) is 15.8. The molecule has 1 aromatic heterocycles. The summed E-state index contributed by atoms with van der Waals surface area (Å²) in [5.74, 6) is -0.148. The average molecular weight is 491 g/mol. The van der Waals surface area contributed by atoms with Crippen molar-refractivity contribution in [1.29, 1.82) is 0 Å². The zero-order valence-corrected chi connectivity index (χ0v) is 20.2. The Morgan fingerprint density at radius 3 is 2.37 bits per heavy atom. The molecule has 1 amide bonds. The number of benzene rings is 2. The highest BCUT2D eigenvalue weighted by Gasteiger charge is 2.27. The summed E-state index contributed by atoms with van der Waals surface area (Å²) in [6.07, 6.45) is 2.96. The Labute approximate surface area is 205 Å². The Bertz CT molecular complexity index is 1420. The third-order valence-electron chi connectivity index (χ3n) is 6.60. The summed E-state index contributed by atoms with van der Waals surface area (Å²) in [4.78, 5) is 19.4. The highest BCUT2D eigenvalue weighted by molar-refractivity contribution is 7.81. The van der Waals surface area contributed by atoms with E-state index >= 15 is 0 Å². The lowest BCUT2D eigenvalue weighted by atomic mass is 9.88. The lowest BCUT2D eigenvalue weighted by Gasteiger charge is -2.30. The molecule has 1 aliphatic carbocycles. The minimum Gasteiger partial charge on any atom is -0.341 e. The molecule has 180 valence electrons. The summed E-state index contributed by atoms with van der Waals surface area (Å²) >= 11 is 0. The molecule has 5 rings (SSSR count). The van der Waals surface area contributed by atoms with E-state index in [0.29, 0.717) is 37.2 Å². The van der Waals surface area contributed by atoms with Gasteiger partial charge in [0.1, 0.15) is 0 Å². The van der Waals surface area contributed by atoms with Crippen LogP contribution in [0.3, 0.4) is 0 Å². The molecule has 1 N–H and O–H groups in total. The van der Waals surface area contributed by atoms with E-state index in [4.69, 9.17) is 8.74 Å². The van der Waals surface area contributed by atoms with E-state index < -0.39 is 10.4 Å². The van der Waals surface area contributed by atoms with Gasteiger partial charge in [0, 0.05) is 30.3 Å². The minimum absolute atomic E-state index is 0.0221. The van der Waals surface area contributed by atoms with E-state index in [9.17, 15) is 13.2 Å². The zero-order chi connectivity index (χ0) is 24.6. The topological polar surface area (TPSA) is 96.8 Å². The number of carbonyl (C=O) groups excluding carboxylic acids is 1. The molecule has 0 atom stereocenters. The first-order valence-electron chi connectivity index (χ1n) is 11.6. The number of likely N-dealkylation sites (tertiary alicyclic amines) is 1. The third-order valence-corrected chi connectivity index (χ3v) is 6.98. The monoisotopic (exact) mass is 490 g/mol. The maximum atomic E-state index is 12.9. The summed E-state index contributed by atoms with van der Waals surface area (Å²) < 4.78 is 36.5. The van der Waals surface area contributed by atoms with Crippen LogP contribution in [0, 0.1) is 6.92 Å². The molecular weight excluding hydrogens is 464 g/mol. The van der Waals surface area contributed by atoms with Crippen molar-refractivity contribution in [3.8, 4) is 5.88 Å². The van der Waals surface area contributed by atoms with E-state index in [2.05, 4.69) is 30.1 Å². The maximum absolute atomic E-state index is 12.9. The Hall–Kier alpha value is -3.49. The van der Waals surface area contributed by atoms with Gasteiger partial charge in [-0.05, 0) is 61.4 Å². The fourth-order valence-electron chi connectivity index (χ4n) is 4.96. The minimum atomic E-state index is -4.69. The van der Waals surface area contributed by atoms with Crippen molar-refractivity contribution in [2.45, 2.75) is 32.6 Å². The van der Waals surface area contributed by atoms with Gasteiger partial charge in [-0.2, -0.15) is 8.42 Å². The van der Waals surface area contributed by atoms with Crippen LogP contribution in [-0.4, -0.2) is 41.9 Å². The van der Waals surface area contributed by atoms with Gasteiger partial charge in [0.25, 0.3) is 5.91 Å². The van der Waals surface area contributed by atoms with E-state index in [1.165, 1.54) is 22.8 Å². The van der Waals surface area contributed by atoms with Crippen LogP contribution in [-0.2, 0) is 23.2 Å². The molecule has 0 spiro atoms. The molecule has 0 unspecified atom stereocenters. The number of amides is 1. The quantitative estimate of drug-likeness (QED) is 0.547. The molecule has 2 heterocycles. The molecule has 8 heteroatoms. The van der Waals surface area contributed by atoms with Gasteiger partial charge in [-0.25, -0.2) is 4.98 Å². The standard InChI is InChI=1S/C27H26N2O5S/c1-18-7-11-23-22(17-18)9-8-20-10-12-24(34-35(31,32)33)28-26(20)25(23)19-13-15-29(16-14-19)27(30)21-5-3-2-4-6-21/h2-7,10-12,17H,8-9,13-16H2,1H3,(H,31,32,33). The first kappa shape index (κ1) is 23.3. The molecule has 0 saturated carbocycles. The van der Waals surface area contributed by atoms with Gasteiger partial charge in [0.15, 0.2) is 0 Å². The second-order valence-electron chi connectivity index (χ2n) is 8.97. The van der Waals surface area contributed by atoms with Crippen LogP contribution < -0.4 is 4.18 Å². The van der Waals surface area contributed by atoms with Gasteiger partial charge in [-0.15, -0.1) is 0 Å². The highest BCUT2D eigenvalue weighted by atomic mass is 32.3. The Morgan fingerprint density at radius 2 is 1.66 bits per heavy atom. The van der Waals surface area contributed by atoms with Crippen molar-refractivity contribution in [1.82, 2.24) is 9.88 Å². The predicted molar refractivity (Wildman–Crippen MR) is 133 cm³/mol. The molecule has 2 aromatic carbocycles. The highest BCUT2D eigenvalue weighted by Crippen LogP contribution is 2.39. The van der Waals surface area contributed by atoms with Crippen LogP contribution in [0.1, 0.15) is 51.1 Å². The molecule has 1 saturated heterocycles. The Kier molecular flexibility index (Phi) is 6.17. The number of rotatable bonds is 3. The lowest BCUT2D eigenvalue weighted by molar-refractivity contribution is 0.0744. The Morgan fingerprint density at radius 1 is 0.943 bits per heavy atom. The SMILES string of the molecule is Cc1ccc2c(c1)CCc1ccc(OS(=O)(=O)O)nc1C2=C1CCN(C(=O)c2ccccc2)CC1. The van der Waals surface area contributed by atoms with Crippen LogP contribution in [0.2, 0.25) is 0 Å². The number of carbonyl (C=O) groups is 1. The second-order valence-corrected chi connectivity index (χ2v) is 9.99. The summed E-state index contributed by atoms with van der Waals surface area (Å²) in [6, 6.07) is 18.9. The largest absolute Gasteiger partial charge is 0.447 e. The first-order chi connectivity index (χ1) is 16.8. The number of piperidine rings is 1. The number of aromatic nitrogens is 1. The smallest absolute Gasteiger partial charge is 0.341 e. The summed E-state index contributed by atoms with van der Waals surface area (Å²) in [5.41, 5.74) is 7.95. The molecule has 0 bridgehead atoms. The lowest BCUT2D eigenvalue weighted by Crippen LogP contribution is -2.36. The summed E-state index contributed by atoms with van der Waals surface area (Å²) in [7, 11) is -4.69. The fourth-order valence-corrected chi connectivity index (χ4v) is 5.27. The van der Waals surface area contributed by atoms with E-state index in [0.717, 1.165) is 29.5 Å². The van der Waals surface area contributed by atoms with Crippen LogP contribution in [0.25, 0.3) is 5.57 Å². The molecule has 1 fully saturated rings. The number of aryl methyl sites for hydroxylation is 3. The van der Waals surface area contributed by atoms with E-state index in [-0.39, 0.29) is 11.8 Å². The van der Waals surface area contributed by atoms with Crippen molar-refractivity contribution in [3.05, 3.63) is 99.7 Å². The third kappa shape index (κ3) is 4.99. The second kappa shape index (κ2) is 9.28. The molecule has 2 aliphatic rings. The first-order valence-corrected chi connectivity index (χ1v) is 13.0. The van der Waals surface area contributed by atoms with Gasteiger partial charge >= 0.3 is 10.4 Å². The van der Waals surface area contributed by atoms with Crippen LogP contribution in [0.15, 0.2) is 66.2 Å². The van der Waals surface area contributed by atoms with Gasteiger partial charge in [-0.3, -0.25) is 9.35 Å². The zero-order valence-electron chi connectivity index (χ0n) is 19.4. The van der Waals surface area contributed by atoms with E-state index in [1.807, 2.05) is 41.3 Å². The molecule has 3 aromatic rings. The van der Waals surface area contributed by atoms with Crippen molar-refractivity contribution in [3.63, 3.8) is 0 Å². The molecule has 0 radical (unpaired) electrons. The maximum Gasteiger partial charge on any atom is 0.447 e. The van der Waals surface area contributed by atoms with E-state index in [1.54, 1.807) is 0 Å². The number of pyridine rings is 1. The van der Waals surface area contributed by atoms with Gasteiger partial charge < -0.3 is 9.08 Å². The molecule has 1 aliphatic heterocycles. The van der Waals surface area contributed by atoms with Gasteiger partial charge in [-0.1, -0.05) is 53.6 Å². The summed E-state index contributed by atoms with van der Waals surface area (Å²) in [6.45, 7) is 3.24. The Balaban J connectivity index is 1.56. The summed E-state index contributed by atoms with van der Waals surface area (Å²) in [5, 5.41) is 0. The van der Waals surface area contributed by atoms with Crippen LogP contribution in [0.5, 0.6) is 5.88 Å². The van der Waals surface area contributed by atoms with Crippen LogP contribution in [0.4, 0.5) is 0 Å². The predicted octanol–water partition coefficient (Wildman–Crippen LogP) is 4.41. The number of fused-ring (bicyclic) bond motifs is 2. The molecule has 35 heavy (non-hydrogen) atoms. The number of hydrogen-bond acceptors (Lipinski definition) is 5. The van der Waals surface area contributed by atoms with Crippen molar-refractivity contribution < 1.29 is 21.9 Å². The molecule has 7 nitrogen and oxygen atoms in total. The van der Waals surface area contributed by atoms with Gasteiger partial charge in [0.2, 0.25) is 5.88 Å². The number of hydrogen-bond donors (Lipinski definition) is 1. The van der Waals surface area contributed by atoms with Crippen molar-refractivity contribution >= 4 is 21.9 Å². The number of nitrogens with zero attached hydrogens (tertiary/aromatic N) is 2. The van der Waals surface area contributed by atoms with Crippen molar-refractivity contribution in [2.24, 2.45) is 0 Å².